The first kappa shape index (κ1) is 17.4. The van der Waals surface area contributed by atoms with Crippen LogP contribution in [0.4, 0.5) is 0 Å². The molecule has 0 bridgehead atoms. The van der Waals surface area contributed by atoms with Gasteiger partial charge in [-0.25, -0.2) is 0 Å². The van der Waals surface area contributed by atoms with Crippen molar-refractivity contribution in [2.75, 3.05) is 12.9 Å². The Hall–Kier alpha value is -0.990. The summed E-state index contributed by atoms with van der Waals surface area (Å²) in [6.45, 7) is 0.142. The van der Waals surface area contributed by atoms with E-state index >= 15 is 0 Å². The van der Waals surface area contributed by atoms with Crippen molar-refractivity contribution in [3.8, 4) is 0 Å². The maximum atomic E-state index is 10.9. The van der Waals surface area contributed by atoms with Crippen LogP contribution in [-0.4, -0.2) is 44.9 Å². The van der Waals surface area contributed by atoms with Gasteiger partial charge in [-0.3, -0.25) is 4.18 Å². The molecule has 3 atom stereocenters. The van der Waals surface area contributed by atoms with Crippen LogP contribution in [0.3, 0.4) is 0 Å². The minimum atomic E-state index is -3.56. The van der Waals surface area contributed by atoms with Crippen LogP contribution in [0.1, 0.15) is 24.8 Å². The van der Waals surface area contributed by atoms with Crippen LogP contribution in [-0.2, 0) is 30.4 Å². The summed E-state index contributed by atoms with van der Waals surface area (Å²) in [5, 5.41) is 9.97. The monoisotopic (exact) mass is 330 g/mol. The summed E-state index contributed by atoms with van der Waals surface area (Å²) in [5.74, 6) is 0. The van der Waals surface area contributed by atoms with Crippen molar-refractivity contribution in [3.63, 3.8) is 0 Å². The zero-order chi connectivity index (χ0) is 16.0. The lowest BCUT2D eigenvalue weighted by atomic mass is 10.0. The lowest BCUT2D eigenvalue weighted by Gasteiger charge is -2.32. The molecule has 1 N–H and O–H groups in total. The lowest BCUT2D eigenvalue weighted by molar-refractivity contribution is -0.221. The Morgan fingerprint density at radius 3 is 2.73 bits per heavy atom. The molecule has 2 rings (SSSR count). The molecule has 124 valence electrons. The SMILES string of the molecule is CS(=O)(=O)OC[C@@H](O)[C@H]1CCCC(OCc2ccccc2)O1. The molecular weight excluding hydrogens is 308 g/mol. The van der Waals surface area contributed by atoms with Crippen LogP contribution >= 0.6 is 0 Å². The molecule has 22 heavy (non-hydrogen) atoms. The molecule has 0 aromatic heterocycles. The number of ether oxygens (including phenoxy) is 2. The standard InChI is InChI=1S/C15H22O6S/c1-22(17,18)20-11-13(16)14-8-5-9-15(21-14)19-10-12-6-3-2-4-7-12/h2-4,6-7,13-16H,5,8-11H2,1H3/t13-,14-,15?/m1/s1. The maximum absolute atomic E-state index is 10.9. The summed E-state index contributed by atoms with van der Waals surface area (Å²) in [4.78, 5) is 0. The summed E-state index contributed by atoms with van der Waals surface area (Å²) in [6.07, 6.45) is 1.34. The largest absolute Gasteiger partial charge is 0.388 e. The van der Waals surface area contributed by atoms with E-state index in [9.17, 15) is 13.5 Å². The Bertz CT molecular complexity index is 544. The number of hydrogen-bond donors (Lipinski definition) is 1. The van der Waals surface area contributed by atoms with E-state index in [1.54, 1.807) is 0 Å². The van der Waals surface area contributed by atoms with Gasteiger partial charge in [0.05, 0.1) is 25.6 Å². The van der Waals surface area contributed by atoms with E-state index < -0.39 is 28.6 Å². The Morgan fingerprint density at radius 2 is 2.05 bits per heavy atom. The number of aliphatic hydroxyl groups excluding tert-OH is 1. The molecule has 0 spiro atoms. The first-order chi connectivity index (χ1) is 10.4. The fourth-order valence-electron chi connectivity index (χ4n) is 2.29. The van der Waals surface area contributed by atoms with Crippen molar-refractivity contribution in [1.82, 2.24) is 0 Å². The summed E-state index contributed by atoms with van der Waals surface area (Å²) >= 11 is 0. The summed E-state index contributed by atoms with van der Waals surface area (Å²) in [7, 11) is -3.56. The van der Waals surface area contributed by atoms with E-state index in [2.05, 4.69) is 4.18 Å². The predicted molar refractivity (Wildman–Crippen MR) is 80.5 cm³/mol. The van der Waals surface area contributed by atoms with E-state index in [4.69, 9.17) is 9.47 Å². The van der Waals surface area contributed by atoms with Gasteiger partial charge in [-0.2, -0.15) is 8.42 Å². The van der Waals surface area contributed by atoms with Gasteiger partial charge in [0.1, 0.15) is 6.10 Å². The van der Waals surface area contributed by atoms with Gasteiger partial charge >= 0.3 is 0 Å². The Morgan fingerprint density at radius 1 is 1.32 bits per heavy atom. The van der Waals surface area contributed by atoms with Crippen molar-refractivity contribution in [2.24, 2.45) is 0 Å². The average molecular weight is 330 g/mol. The minimum Gasteiger partial charge on any atom is -0.388 e. The molecule has 0 saturated carbocycles. The van der Waals surface area contributed by atoms with Gasteiger partial charge in [0, 0.05) is 0 Å². The fourth-order valence-corrected chi connectivity index (χ4v) is 2.67. The van der Waals surface area contributed by atoms with Gasteiger partial charge in [0.2, 0.25) is 0 Å². The Balaban J connectivity index is 1.78. The Labute approximate surface area is 131 Å². The second-order valence-corrected chi connectivity index (χ2v) is 7.03. The lowest BCUT2D eigenvalue weighted by Crippen LogP contribution is -2.40. The Kier molecular flexibility index (Phi) is 6.34. The van der Waals surface area contributed by atoms with Crippen molar-refractivity contribution < 1.29 is 27.2 Å². The van der Waals surface area contributed by atoms with Crippen LogP contribution in [0.15, 0.2) is 30.3 Å². The van der Waals surface area contributed by atoms with Crippen molar-refractivity contribution in [2.45, 2.75) is 44.4 Å². The molecule has 1 aromatic carbocycles. The van der Waals surface area contributed by atoms with Gasteiger partial charge < -0.3 is 14.6 Å². The molecule has 1 saturated heterocycles. The first-order valence-corrected chi connectivity index (χ1v) is 9.09. The zero-order valence-electron chi connectivity index (χ0n) is 12.6. The molecule has 1 heterocycles. The molecule has 6 nitrogen and oxygen atoms in total. The van der Waals surface area contributed by atoms with Gasteiger partial charge in [0.15, 0.2) is 6.29 Å². The first-order valence-electron chi connectivity index (χ1n) is 7.27. The molecule has 1 aromatic rings. The third-order valence-electron chi connectivity index (χ3n) is 3.42. The number of benzene rings is 1. The van der Waals surface area contributed by atoms with Gasteiger partial charge in [-0.05, 0) is 24.8 Å². The third kappa shape index (κ3) is 6.02. The maximum Gasteiger partial charge on any atom is 0.264 e. The zero-order valence-corrected chi connectivity index (χ0v) is 13.4. The van der Waals surface area contributed by atoms with Crippen LogP contribution in [0, 0.1) is 0 Å². The highest BCUT2D eigenvalue weighted by Gasteiger charge is 2.29. The van der Waals surface area contributed by atoms with Gasteiger partial charge in [-0.15, -0.1) is 0 Å². The number of hydrogen-bond acceptors (Lipinski definition) is 6. The molecule has 7 heteroatoms. The molecule has 1 aliphatic heterocycles. The number of rotatable bonds is 7. The highest BCUT2D eigenvalue weighted by Crippen LogP contribution is 2.23. The topological polar surface area (TPSA) is 82.1 Å². The molecule has 1 unspecified atom stereocenters. The van der Waals surface area contributed by atoms with Gasteiger partial charge in [0.25, 0.3) is 10.1 Å². The molecular formula is C15H22O6S. The van der Waals surface area contributed by atoms with Crippen molar-refractivity contribution >= 4 is 10.1 Å². The summed E-state index contributed by atoms with van der Waals surface area (Å²) in [5.41, 5.74) is 1.05. The van der Waals surface area contributed by atoms with Crippen LogP contribution < -0.4 is 0 Å². The van der Waals surface area contributed by atoms with E-state index in [1.165, 1.54) is 0 Å². The van der Waals surface area contributed by atoms with Crippen LogP contribution in [0.25, 0.3) is 0 Å². The fraction of sp³-hybridized carbons (Fsp3) is 0.600. The number of aliphatic hydroxyl groups is 1. The molecule has 0 amide bonds. The summed E-state index contributed by atoms with van der Waals surface area (Å²) in [6, 6.07) is 9.75. The van der Waals surface area contributed by atoms with E-state index in [-0.39, 0.29) is 6.61 Å². The van der Waals surface area contributed by atoms with Crippen molar-refractivity contribution in [3.05, 3.63) is 35.9 Å². The second-order valence-electron chi connectivity index (χ2n) is 5.39. The van der Waals surface area contributed by atoms with E-state index in [0.717, 1.165) is 24.7 Å². The smallest absolute Gasteiger partial charge is 0.264 e. The third-order valence-corrected chi connectivity index (χ3v) is 3.98. The molecule has 0 aliphatic carbocycles. The van der Waals surface area contributed by atoms with Crippen LogP contribution in [0.5, 0.6) is 0 Å². The minimum absolute atomic E-state index is 0.297. The molecule has 0 radical (unpaired) electrons. The van der Waals surface area contributed by atoms with Crippen molar-refractivity contribution in [1.29, 1.82) is 0 Å². The van der Waals surface area contributed by atoms with E-state index in [0.29, 0.717) is 13.0 Å². The quantitative estimate of drug-likeness (QED) is 0.762. The normalized spacial score (nSPS) is 24.1. The highest BCUT2D eigenvalue weighted by molar-refractivity contribution is 7.85. The second kappa shape index (κ2) is 8.03. The van der Waals surface area contributed by atoms with E-state index in [1.807, 2.05) is 30.3 Å². The van der Waals surface area contributed by atoms with Gasteiger partial charge in [-0.1, -0.05) is 30.3 Å². The van der Waals surface area contributed by atoms with Crippen LogP contribution in [0.2, 0.25) is 0 Å². The summed E-state index contributed by atoms with van der Waals surface area (Å²) < 4.78 is 37.9. The predicted octanol–water partition coefficient (Wildman–Crippen LogP) is 1.44. The average Bonchev–Trinajstić information content (AvgIpc) is 2.51. The molecule has 1 aliphatic rings. The molecule has 1 fully saturated rings. The highest BCUT2D eigenvalue weighted by atomic mass is 32.2.